The second kappa shape index (κ2) is 4.04. The van der Waals surface area contributed by atoms with Crippen LogP contribution >= 0.6 is 11.3 Å². The van der Waals surface area contributed by atoms with Gasteiger partial charge in [0.25, 0.3) is 0 Å². The van der Waals surface area contributed by atoms with Crippen molar-refractivity contribution in [1.82, 2.24) is 4.98 Å². The van der Waals surface area contributed by atoms with Gasteiger partial charge in [-0.1, -0.05) is 12.1 Å². The number of benzene rings is 1. The van der Waals surface area contributed by atoms with Gasteiger partial charge in [0.15, 0.2) is 0 Å². The fourth-order valence-corrected chi connectivity index (χ4v) is 3.15. The van der Waals surface area contributed by atoms with Crippen LogP contribution in [0, 0.1) is 6.92 Å². The third-order valence-corrected chi connectivity index (χ3v) is 5.13. The smallest absolute Gasteiger partial charge is 0.398 e. The van der Waals surface area contributed by atoms with Gasteiger partial charge in [-0.3, -0.25) is 0 Å². The molecule has 0 amide bonds. The van der Waals surface area contributed by atoms with Crippen LogP contribution in [0.3, 0.4) is 0 Å². The molecular formula is C14H18BNO2S. The van der Waals surface area contributed by atoms with E-state index in [9.17, 15) is 0 Å². The average molecular weight is 275 g/mol. The zero-order valence-corrected chi connectivity index (χ0v) is 12.8. The van der Waals surface area contributed by atoms with E-state index in [1.54, 1.807) is 11.3 Å². The van der Waals surface area contributed by atoms with Crippen LogP contribution in [0.4, 0.5) is 0 Å². The molecule has 100 valence electrons. The molecule has 19 heavy (non-hydrogen) atoms. The number of aryl methyl sites for hydroxylation is 1. The molecule has 0 unspecified atom stereocenters. The first-order valence-electron chi connectivity index (χ1n) is 6.52. The summed E-state index contributed by atoms with van der Waals surface area (Å²) in [7, 11) is -0.359. The maximum atomic E-state index is 6.05. The lowest BCUT2D eigenvalue weighted by molar-refractivity contribution is 0.00578. The topological polar surface area (TPSA) is 31.4 Å². The number of para-hydroxylation sites is 1. The molecule has 1 aliphatic heterocycles. The summed E-state index contributed by atoms with van der Waals surface area (Å²) in [6.07, 6.45) is 0. The molecule has 1 saturated heterocycles. The van der Waals surface area contributed by atoms with Crippen molar-refractivity contribution in [3.63, 3.8) is 0 Å². The van der Waals surface area contributed by atoms with Gasteiger partial charge >= 0.3 is 7.12 Å². The molecule has 5 heteroatoms. The van der Waals surface area contributed by atoms with E-state index in [0.717, 1.165) is 10.4 Å². The zero-order valence-electron chi connectivity index (χ0n) is 12.0. The number of hydrogen-bond donors (Lipinski definition) is 0. The predicted molar refractivity (Wildman–Crippen MR) is 80.1 cm³/mol. The Morgan fingerprint density at radius 1 is 1.11 bits per heavy atom. The number of rotatable bonds is 1. The molecule has 0 atom stereocenters. The summed E-state index contributed by atoms with van der Waals surface area (Å²) in [6, 6.07) is 6.23. The molecule has 0 spiro atoms. The van der Waals surface area contributed by atoms with Gasteiger partial charge in [-0.05, 0) is 46.2 Å². The minimum Gasteiger partial charge on any atom is -0.398 e. The van der Waals surface area contributed by atoms with E-state index in [-0.39, 0.29) is 18.3 Å². The Bertz CT molecular complexity index is 619. The first kappa shape index (κ1) is 13.1. The largest absolute Gasteiger partial charge is 0.525 e. The molecule has 0 radical (unpaired) electrons. The number of hydrogen-bond acceptors (Lipinski definition) is 4. The minimum absolute atomic E-state index is 0.315. The summed E-state index contributed by atoms with van der Waals surface area (Å²) in [6.45, 7) is 10.3. The van der Waals surface area contributed by atoms with Crippen molar-refractivity contribution >= 4 is 33.6 Å². The molecule has 1 fully saturated rings. The molecule has 3 nitrogen and oxygen atoms in total. The fourth-order valence-electron chi connectivity index (χ4n) is 2.15. The molecular weight excluding hydrogens is 257 g/mol. The van der Waals surface area contributed by atoms with Crippen LogP contribution in [0.1, 0.15) is 33.3 Å². The average Bonchev–Trinajstić information content (AvgIpc) is 2.80. The minimum atomic E-state index is -0.359. The van der Waals surface area contributed by atoms with Gasteiger partial charge in [0, 0.05) is 0 Å². The lowest BCUT2D eigenvalue weighted by Crippen LogP contribution is -2.41. The molecule has 1 aliphatic rings. The van der Waals surface area contributed by atoms with E-state index in [2.05, 4.69) is 52.8 Å². The van der Waals surface area contributed by atoms with E-state index >= 15 is 0 Å². The van der Waals surface area contributed by atoms with Gasteiger partial charge in [0.2, 0.25) is 0 Å². The quantitative estimate of drug-likeness (QED) is 0.750. The van der Waals surface area contributed by atoms with Crippen LogP contribution < -0.4 is 4.91 Å². The molecule has 2 aromatic rings. The highest BCUT2D eigenvalue weighted by atomic mass is 32.1. The third-order valence-electron chi connectivity index (χ3n) is 4.09. The highest BCUT2D eigenvalue weighted by molar-refractivity contribution is 7.27. The molecule has 0 bridgehead atoms. The number of nitrogens with zero attached hydrogens (tertiary/aromatic N) is 1. The zero-order chi connectivity index (χ0) is 13.8. The van der Waals surface area contributed by atoms with Gasteiger partial charge in [-0.15, -0.1) is 11.3 Å². The Morgan fingerprint density at radius 3 is 2.32 bits per heavy atom. The van der Waals surface area contributed by atoms with Crippen molar-refractivity contribution in [3.05, 3.63) is 23.8 Å². The Balaban J connectivity index is 2.01. The first-order valence-corrected chi connectivity index (χ1v) is 7.33. The van der Waals surface area contributed by atoms with Gasteiger partial charge < -0.3 is 9.31 Å². The Hall–Kier alpha value is -0.905. The molecule has 0 saturated carbocycles. The van der Waals surface area contributed by atoms with Crippen molar-refractivity contribution in [2.45, 2.75) is 45.8 Å². The Kier molecular flexibility index (Phi) is 2.79. The van der Waals surface area contributed by atoms with Crippen molar-refractivity contribution < 1.29 is 9.31 Å². The van der Waals surface area contributed by atoms with E-state index < -0.39 is 0 Å². The van der Waals surface area contributed by atoms with E-state index in [0.29, 0.717) is 0 Å². The number of fused-ring (bicyclic) bond motifs is 1. The van der Waals surface area contributed by atoms with Crippen LogP contribution in [-0.4, -0.2) is 23.3 Å². The summed E-state index contributed by atoms with van der Waals surface area (Å²) in [5, 5.41) is 0. The van der Waals surface area contributed by atoms with Gasteiger partial charge in [0.1, 0.15) is 4.91 Å². The molecule has 0 aliphatic carbocycles. The summed E-state index contributed by atoms with van der Waals surface area (Å²) in [5.74, 6) is 0. The number of aromatic nitrogens is 1. The lowest BCUT2D eigenvalue weighted by Gasteiger charge is -2.32. The predicted octanol–water partition coefficient (Wildman–Crippen LogP) is 2.90. The van der Waals surface area contributed by atoms with Crippen molar-refractivity contribution in [3.8, 4) is 0 Å². The van der Waals surface area contributed by atoms with Gasteiger partial charge in [-0.25, -0.2) is 4.98 Å². The highest BCUT2D eigenvalue weighted by Crippen LogP contribution is 2.37. The normalized spacial score (nSPS) is 21.2. The second-order valence-electron chi connectivity index (χ2n) is 6.06. The van der Waals surface area contributed by atoms with Crippen molar-refractivity contribution in [1.29, 1.82) is 0 Å². The van der Waals surface area contributed by atoms with Gasteiger partial charge in [-0.2, -0.15) is 0 Å². The maximum Gasteiger partial charge on any atom is 0.525 e. The van der Waals surface area contributed by atoms with Crippen LogP contribution in [0.25, 0.3) is 10.2 Å². The molecule has 1 aromatic carbocycles. The van der Waals surface area contributed by atoms with Crippen molar-refractivity contribution in [2.75, 3.05) is 0 Å². The van der Waals surface area contributed by atoms with Crippen LogP contribution in [0.2, 0.25) is 0 Å². The lowest BCUT2D eigenvalue weighted by atomic mass is 9.90. The van der Waals surface area contributed by atoms with Gasteiger partial charge in [0.05, 0.1) is 21.4 Å². The Morgan fingerprint density at radius 2 is 1.74 bits per heavy atom. The SMILES string of the molecule is Cc1cccc2sc(B3OC(C)(C)C(C)(C)O3)nc12. The van der Waals surface area contributed by atoms with Crippen molar-refractivity contribution in [2.24, 2.45) is 0 Å². The summed E-state index contributed by atoms with van der Waals surface area (Å²) in [5.41, 5.74) is 1.61. The summed E-state index contributed by atoms with van der Waals surface area (Å²) < 4.78 is 13.3. The summed E-state index contributed by atoms with van der Waals surface area (Å²) in [4.78, 5) is 5.60. The fraction of sp³-hybridized carbons (Fsp3) is 0.500. The molecule has 1 aromatic heterocycles. The second-order valence-corrected chi connectivity index (χ2v) is 7.12. The summed E-state index contributed by atoms with van der Waals surface area (Å²) >= 11 is 1.65. The standard InChI is InChI=1S/C14H18BNO2S/c1-9-7-6-8-10-11(9)16-12(19-10)15-17-13(2,3)14(4,5)18-15/h6-8H,1-5H3. The van der Waals surface area contributed by atoms with E-state index in [1.807, 2.05) is 0 Å². The monoisotopic (exact) mass is 275 g/mol. The number of thiazole rings is 1. The third kappa shape index (κ3) is 2.00. The highest BCUT2D eigenvalue weighted by Gasteiger charge is 2.53. The van der Waals surface area contributed by atoms with Crippen LogP contribution in [0.15, 0.2) is 18.2 Å². The molecule has 0 N–H and O–H groups in total. The van der Waals surface area contributed by atoms with E-state index in [1.165, 1.54) is 10.3 Å². The van der Waals surface area contributed by atoms with Crippen LogP contribution in [0.5, 0.6) is 0 Å². The van der Waals surface area contributed by atoms with E-state index in [4.69, 9.17) is 14.3 Å². The first-order chi connectivity index (χ1) is 8.80. The van der Waals surface area contributed by atoms with Crippen LogP contribution in [-0.2, 0) is 9.31 Å². The molecule has 3 rings (SSSR count). The Labute approximate surface area is 118 Å². The molecule has 2 heterocycles. The maximum absolute atomic E-state index is 6.05.